The first kappa shape index (κ1) is 21.4. The van der Waals surface area contributed by atoms with E-state index in [0.717, 1.165) is 18.4 Å². The minimum absolute atomic E-state index is 0.117. The number of rotatable bonds is 7. The number of nitrogens with one attached hydrogen (secondary N) is 3. The molecular weight excluding hydrogens is 386 g/mol. The summed E-state index contributed by atoms with van der Waals surface area (Å²) in [4.78, 5) is 37.1. The first-order valence-electron chi connectivity index (χ1n) is 9.99. The Balaban J connectivity index is 1.58. The molecule has 1 aliphatic carbocycles. The average Bonchev–Trinajstić information content (AvgIpc) is 3.38. The van der Waals surface area contributed by atoms with Crippen LogP contribution in [0.1, 0.15) is 53.1 Å². The monoisotopic (exact) mass is 413 g/mol. The largest absolute Gasteiger partial charge is 0.465 e. The van der Waals surface area contributed by atoms with E-state index in [9.17, 15) is 14.4 Å². The number of carbonyl (C=O) groups excluding carboxylic acids is 3. The van der Waals surface area contributed by atoms with E-state index in [2.05, 4.69) is 16.0 Å². The Labute approximate surface area is 175 Å². The maximum absolute atomic E-state index is 12.9. The van der Waals surface area contributed by atoms with E-state index >= 15 is 0 Å². The van der Waals surface area contributed by atoms with E-state index in [4.69, 9.17) is 9.15 Å². The minimum atomic E-state index is -0.951. The minimum Gasteiger partial charge on any atom is -0.465 e. The molecule has 1 fully saturated rings. The van der Waals surface area contributed by atoms with Gasteiger partial charge < -0.3 is 25.1 Å². The van der Waals surface area contributed by atoms with Gasteiger partial charge in [-0.3, -0.25) is 4.79 Å². The molecule has 0 unspecified atom stereocenters. The summed E-state index contributed by atoms with van der Waals surface area (Å²) in [6.45, 7) is 2.16. The summed E-state index contributed by atoms with van der Waals surface area (Å²) in [7, 11) is 1.30. The fourth-order valence-electron chi connectivity index (χ4n) is 3.71. The van der Waals surface area contributed by atoms with Gasteiger partial charge in [0.05, 0.1) is 13.7 Å². The van der Waals surface area contributed by atoms with E-state index < -0.39 is 11.5 Å². The lowest BCUT2D eigenvalue weighted by molar-refractivity contribution is -0.127. The van der Waals surface area contributed by atoms with Crippen LogP contribution >= 0.6 is 0 Å². The van der Waals surface area contributed by atoms with E-state index in [0.29, 0.717) is 36.5 Å². The zero-order valence-electron chi connectivity index (χ0n) is 17.2. The van der Waals surface area contributed by atoms with Crippen molar-refractivity contribution in [2.24, 2.45) is 0 Å². The molecule has 0 radical (unpaired) electrons. The molecule has 8 nitrogen and oxygen atoms in total. The molecule has 1 aromatic carbocycles. The normalized spacial score (nSPS) is 14.7. The average molecular weight is 413 g/mol. The predicted molar refractivity (Wildman–Crippen MR) is 110 cm³/mol. The third-order valence-electron chi connectivity index (χ3n) is 5.34. The van der Waals surface area contributed by atoms with Crippen molar-refractivity contribution in [3.63, 3.8) is 0 Å². The van der Waals surface area contributed by atoms with Crippen LogP contribution in [-0.2, 0) is 22.6 Å². The lowest BCUT2D eigenvalue weighted by Crippen LogP contribution is -2.59. The molecule has 30 heavy (non-hydrogen) atoms. The van der Waals surface area contributed by atoms with Gasteiger partial charge in [-0.05, 0) is 31.4 Å². The molecule has 8 heteroatoms. The fourth-order valence-corrected chi connectivity index (χ4v) is 3.71. The summed E-state index contributed by atoms with van der Waals surface area (Å²) >= 11 is 0. The number of carbonyl (C=O) groups is 3. The topological polar surface area (TPSA) is 110 Å². The Morgan fingerprint density at radius 1 is 1.07 bits per heavy atom. The number of esters is 1. The summed E-state index contributed by atoms with van der Waals surface area (Å²) in [6.07, 6.45) is 2.86. The number of ether oxygens (including phenoxy) is 1. The van der Waals surface area contributed by atoms with Crippen molar-refractivity contribution in [3.8, 4) is 0 Å². The maximum Gasteiger partial charge on any atom is 0.341 e. The molecule has 1 saturated carbocycles. The number of benzene rings is 1. The van der Waals surface area contributed by atoms with Crippen LogP contribution in [0.4, 0.5) is 4.79 Å². The Bertz CT molecular complexity index is 901. The Kier molecular flexibility index (Phi) is 6.76. The van der Waals surface area contributed by atoms with Gasteiger partial charge in [-0.15, -0.1) is 0 Å². The van der Waals surface area contributed by atoms with Crippen molar-refractivity contribution in [1.29, 1.82) is 0 Å². The van der Waals surface area contributed by atoms with Crippen LogP contribution in [0.25, 0.3) is 0 Å². The van der Waals surface area contributed by atoms with Crippen LogP contribution in [0.15, 0.2) is 40.8 Å². The standard InChI is InChI=1S/C22H27N3O5/c1-15-18(19(26)29-2)12-17(30-15)14-23-20(27)22(10-6-7-11-22)25-21(28)24-13-16-8-4-3-5-9-16/h3-5,8-9,12H,6-7,10-11,13-14H2,1-2H3,(H,23,27)(H2,24,25,28). The summed E-state index contributed by atoms with van der Waals surface area (Å²) in [5, 5.41) is 8.52. The molecule has 0 bridgehead atoms. The number of amides is 3. The lowest BCUT2D eigenvalue weighted by atomic mass is 9.96. The van der Waals surface area contributed by atoms with Crippen LogP contribution in [0.5, 0.6) is 0 Å². The van der Waals surface area contributed by atoms with Crippen molar-refractivity contribution in [3.05, 3.63) is 59.0 Å². The third-order valence-corrected chi connectivity index (χ3v) is 5.34. The quantitative estimate of drug-likeness (QED) is 0.605. The second kappa shape index (κ2) is 9.47. The van der Waals surface area contributed by atoms with Gasteiger partial charge in [0.1, 0.15) is 22.6 Å². The van der Waals surface area contributed by atoms with E-state index in [1.165, 1.54) is 7.11 Å². The number of aryl methyl sites for hydroxylation is 1. The summed E-state index contributed by atoms with van der Waals surface area (Å²) in [6, 6.07) is 10.8. The number of methoxy groups -OCH3 is 1. The van der Waals surface area contributed by atoms with Crippen molar-refractivity contribution in [2.75, 3.05) is 7.11 Å². The molecule has 0 saturated heterocycles. The number of urea groups is 1. The van der Waals surface area contributed by atoms with Crippen molar-refractivity contribution >= 4 is 17.9 Å². The smallest absolute Gasteiger partial charge is 0.341 e. The van der Waals surface area contributed by atoms with Crippen molar-refractivity contribution < 1.29 is 23.5 Å². The van der Waals surface area contributed by atoms with Crippen LogP contribution in [0.2, 0.25) is 0 Å². The molecule has 1 aromatic heterocycles. The van der Waals surface area contributed by atoms with Crippen molar-refractivity contribution in [2.45, 2.75) is 51.2 Å². The SMILES string of the molecule is COC(=O)c1cc(CNC(=O)C2(NC(=O)NCc3ccccc3)CCCC2)oc1C. The maximum atomic E-state index is 12.9. The molecular formula is C22H27N3O5. The van der Waals surface area contributed by atoms with Crippen LogP contribution in [0.3, 0.4) is 0 Å². The number of hydrogen-bond donors (Lipinski definition) is 3. The van der Waals surface area contributed by atoms with E-state index in [1.807, 2.05) is 30.3 Å². The van der Waals surface area contributed by atoms with Crippen LogP contribution in [0, 0.1) is 6.92 Å². The van der Waals surface area contributed by atoms with Gasteiger partial charge in [-0.1, -0.05) is 43.2 Å². The predicted octanol–water partition coefficient (Wildman–Crippen LogP) is 2.80. The van der Waals surface area contributed by atoms with Crippen LogP contribution < -0.4 is 16.0 Å². The second-order valence-corrected chi connectivity index (χ2v) is 7.44. The molecule has 3 N–H and O–H groups in total. The van der Waals surface area contributed by atoms with Gasteiger partial charge >= 0.3 is 12.0 Å². The molecule has 3 rings (SSSR count). The molecule has 0 aliphatic heterocycles. The van der Waals surface area contributed by atoms with Gasteiger partial charge in [0.25, 0.3) is 0 Å². The van der Waals surface area contributed by atoms with E-state index in [-0.39, 0.29) is 18.5 Å². The Morgan fingerprint density at radius 3 is 2.43 bits per heavy atom. The molecule has 160 valence electrons. The zero-order valence-corrected chi connectivity index (χ0v) is 17.2. The fraction of sp³-hybridized carbons (Fsp3) is 0.409. The van der Waals surface area contributed by atoms with Gasteiger partial charge in [-0.25, -0.2) is 9.59 Å². The highest BCUT2D eigenvalue weighted by Crippen LogP contribution is 2.30. The molecule has 2 aromatic rings. The molecule has 0 atom stereocenters. The summed E-state index contributed by atoms with van der Waals surface area (Å²) in [5.74, 6) is 0.129. The van der Waals surface area contributed by atoms with Gasteiger partial charge in [0.15, 0.2) is 0 Å². The molecule has 0 spiro atoms. The number of hydrogen-bond acceptors (Lipinski definition) is 5. The highest BCUT2D eigenvalue weighted by atomic mass is 16.5. The van der Waals surface area contributed by atoms with E-state index in [1.54, 1.807) is 13.0 Å². The Morgan fingerprint density at radius 2 is 1.77 bits per heavy atom. The summed E-state index contributed by atoms with van der Waals surface area (Å²) in [5.41, 5.74) is 0.357. The second-order valence-electron chi connectivity index (χ2n) is 7.44. The molecule has 3 amide bonds. The summed E-state index contributed by atoms with van der Waals surface area (Å²) < 4.78 is 10.2. The highest BCUT2D eigenvalue weighted by molar-refractivity contribution is 5.92. The van der Waals surface area contributed by atoms with Crippen LogP contribution in [-0.4, -0.2) is 30.6 Å². The van der Waals surface area contributed by atoms with Crippen molar-refractivity contribution in [1.82, 2.24) is 16.0 Å². The van der Waals surface area contributed by atoms with Gasteiger partial charge in [0, 0.05) is 6.54 Å². The lowest BCUT2D eigenvalue weighted by Gasteiger charge is -2.29. The first-order chi connectivity index (χ1) is 14.4. The third kappa shape index (κ3) is 5.00. The highest BCUT2D eigenvalue weighted by Gasteiger charge is 2.42. The number of furan rings is 1. The first-order valence-corrected chi connectivity index (χ1v) is 9.99. The molecule has 1 aliphatic rings. The Hall–Kier alpha value is -3.29. The van der Waals surface area contributed by atoms with Gasteiger partial charge in [-0.2, -0.15) is 0 Å². The molecule has 1 heterocycles. The zero-order chi connectivity index (χ0) is 21.6. The van der Waals surface area contributed by atoms with Gasteiger partial charge in [0.2, 0.25) is 5.91 Å².